The first-order valence-corrected chi connectivity index (χ1v) is 7.13. The normalized spacial score (nSPS) is 10.1. The predicted octanol–water partition coefficient (Wildman–Crippen LogP) is 2.81. The molecule has 0 aromatic carbocycles. The average Bonchev–Trinajstić information content (AvgIpc) is 2.32. The van der Waals surface area contributed by atoms with Gasteiger partial charge in [0.1, 0.15) is 6.42 Å². The highest BCUT2D eigenvalue weighted by molar-refractivity contribution is 5.94. The number of hydrogen-bond acceptors (Lipinski definition) is 3. The number of rotatable bonds is 11. The highest BCUT2D eigenvalue weighted by Crippen LogP contribution is 2.06. The number of hydrogen-bond donors (Lipinski definition) is 1. The van der Waals surface area contributed by atoms with E-state index in [1.165, 1.54) is 32.1 Å². The van der Waals surface area contributed by atoms with Crippen molar-refractivity contribution in [3.63, 3.8) is 0 Å². The van der Waals surface area contributed by atoms with Gasteiger partial charge >= 0.3 is 5.97 Å². The lowest BCUT2D eigenvalue weighted by atomic mass is 10.1. The van der Waals surface area contributed by atoms with Gasteiger partial charge < -0.3 is 10.1 Å². The van der Waals surface area contributed by atoms with Crippen molar-refractivity contribution >= 4 is 11.9 Å². The molecule has 0 spiro atoms. The van der Waals surface area contributed by atoms with Crippen LogP contribution in [0.3, 0.4) is 0 Å². The number of unbranched alkanes of at least 4 members (excludes halogenated alkanes) is 6. The van der Waals surface area contributed by atoms with Crippen molar-refractivity contribution in [2.24, 2.45) is 0 Å². The summed E-state index contributed by atoms with van der Waals surface area (Å²) in [4.78, 5) is 22.3. The first-order chi connectivity index (χ1) is 8.70. The molecule has 0 rings (SSSR count). The quantitative estimate of drug-likeness (QED) is 0.352. The zero-order valence-electron chi connectivity index (χ0n) is 11.8. The third-order valence-electron chi connectivity index (χ3n) is 2.71. The van der Waals surface area contributed by atoms with E-state index in [-0.39, 0.29) is 12.3 Å². The van der Waals surface area contributed by atoms with Crippen molar-refractivity contribution in [1.82, 2.24) is 5.32 Å². The lowest BCUT2D eigenvalue weighted by Crippen LogP contribution is -2.27. The van der Waals surface area contributed by atoms with E-state index in [0.29, 0.717) is 13.2 Å². The van der Waals surface area contributed by atoms with Crippen LogP contribution in [0.15, 0.2) is 0 Å². The molecule has 0 aromatic heterocycles. The molecule has 18 heavy (non-hydrogen) atoms. The SMILES string of the molecule is CCCCCCCCCNC(=O)CC(=O)OCC. The molecular formula is C14H27NO3. The molecule has 0 saturated carbocycles. The van der Waals surface area contributed by atoms with Crippen LogP contribution in [0.25, 0.3) is 0 Å². The van der Waals surface area contributed by atoms with Gasteiger partial charge in [0.25, 0.3) is 0 Å². The summed E-state index contributed by atoms with van der Waals surface area (Å²) in [5.74, 6) is -0.686. The number of ether oxygens (including phenoxy) is 1. The van der Waals surface area contributed by atoms with Crippen LogP contribution in [0.4, 0.5) is 0 Å². The number of amides is 1. The highest BCUT2D eigenvalue weighted by atomic mass is 16.5. The van der Waals surface area contributed by atoms with Crippen molar-refractivity contribution in [2.75, 3.05) is 13.2 Å². The Balaban J connectivity index is 3.27. The molecule has 0 aliphatic carbocycles. The van der Waals surface area contributed by atoms with Crippen LogP contribution >= 0.6 is 0 Å². The van der Waals surface area contributed by atoms with Gasteiger partial charge in [0, 0.05) is 6.54 Å². The van der Waals surface area contributed by atoms with E-state index in [0.717, 1.165) is 12.8 Å². The fourth-order valence-electron chi connectivity index (χ4n) is 1.72. The Morgan fingerprint density at radius 1 is 0.944 bits per heavy atom. The van der Waals surface area contributed by atoms with Gasteiger partial charge in [-0.05, 0) is 13.3 Å². The third-order valence-corrected chi connectivity index (χ3v) is 2.71. The van der Waals surface area contributed by atoms with Crippen molar-refractivity contribution in [3.05, 3.63) is 0 Å². The Kier molecular flexibility index (Phi) is 11.7. The number of esters is 1. The summed E-state index contributed by atoms with van der Waals surface area (Å²) in [6.07, 6.45) is 8.37. The second-order valence-electron chi connectivity index (χ2n) is 4.45. The molecule has 0 aliphatic rings. The lowest BCUT2D eigenvalue weighted by molar-refractivity contribution is -0.145. The molecule has 0 aliphatic heterocycles. The molecule has 0 radical (unpaired) electrons. The first kappa shape index (κ1) is 16.9. The topological polar surface area (TPSA) is 55.4 Å². The zero-order chi connectivity index (χ0) is 13.6. The summed E-state index contributed by atoms with van der Waals surface area (Å²) >= 11 is 0. The molecule has 0 saturated heterocycles. The lowest BCUT2D eigenvalue weighted by Gasteiger charge is -2.05. The third kappa shape index (κ3) is 11.4. The van der Waals surface area contributed by atoms with Crippen LogP contribution in [-0.4, -0.2) is 25.0 Å². The molecule has 0 aromatic rings. The molecule has 1 N–H and O–H groups in total. The molecule has 106 valence electrons. The molecule has 1 amide bonds. The van der Waals surface area contributed by atoms with Gasteiger partial charge in [-0.25, -0.2) is 0 Å². The zero-order valence-corrected chi connectivity index (χ0v) is 11.8. The number of nitrogens with one attached hydrogen (secondary N) is 1. The van der Waals surface area contributed by atoms with Gasteiger partial charge in [0.15, 0.2) is 0 Å². The molecule has 0 heterocycles. The van der Waals surface area contributed by atoms with Crippen LogP contribution < -0.4 is 5.32 Å². The molecule has 4 heteroatoms. The van der Waals surface area contributed by atoms with E-state index in [2.05, 4.69) is 12.2 Å². The Labute approximate surface area is 110 Å². The predicted molar refractivity (Wildman–Crippen MR) is 72.3 cm³/mol. The summed E-state index contributed by atoms with van der Waals surface area (Å²) in [7, 11) is 0. The molecule has 0 bridgehead atoms. The molecule has 4 nitrogen and oxygen atoms in total. The maximum atomic E-state index is 11.3. The van der Waals surface area contributed by atoms with E-state index in [9.17, 15) is 9.59 Å². The van der Waals surface area contributed by atoms with Crippen LogP contribution in [0.1, 0.15) is 65.2 Å². The summed E-state index contributed by atoms with van der Waals surface area (Å²) in [5, 5.41) is 2.73. The minimum Gasteiger partial charge on any atom is -0.466 e. The minimum atomic E-state index is -0.449. The largest absolute Gasteiger partial charge is 0.466 e. The molecule has 0 atom stereocenters. The second kappa shape index (κ2) is 12.4. The molecule has 0 fully saturated rings. The Morgan fingerprint density at radius 3 is 2.17 bits per heavy atom. The van der Waals surface area contributed by atoms with Gasteiger partial charge in [-0.2, -0.15) is 0 Å². The Bertz CT molecular complexity index is 229. The van der Waals surface area contributed by atoms with Crippen molar-refractivity contribution < 1.29 is 14.3 Å². The van der Waals surface area contributed by atoms with Crippen LogP contribution in [0.5, 0.6) is 0 Å². The summed E-state index contributed by atoms with van der Waals surface area (Å²) in [5.41, 5.74) is 0. The van der Waals surface area contributed by atoms with Crippen molar-refractivity contribution in [3.8, 4) is 0 Å². The monoisotopic (exact) mass is 257 g/mol. The Morgan fingerprint density at radius 2 is 1.56 bits per heavy atom. The number of carbonyl (C=O) groups excluding carboxylic acids is 2. The fourth-order valence-corrected chi connectivity index (χ4v) is 1.72. The van der Waals surface area contributed by atoms with E-state index in [1.807, 2.05) is 0 Å². The van der Waals surface area contributed by atoms with Gasteiger partial charge in [-0.15, -0.1) is 0 Å². The van der Waals surface area contributed by atoms with Crippen LogP contribution in [0, 0.1) is 0 Å². The van der Waals surface area contributed by atoms with Gasteiger partial charge in [-0.1, -0.05) is 45.4 Å². The smallest absolute Gasteiger partial charge is 0.315 e. The molecular weight excluding hydrogens is 230 g/mol. The van der Waals surface area contributed by atoms with Crippen LogP contribution in [0.2, 0.25) is 0 Å². The summed E-state index contributed by atoms with van der Waals surface area (Å²) in [6.45, 7) is 4.92. The highest BCUT2D eigenvalue weighted by Gasteiger charge is 2.08. The van der Waals surface area contributed by atoms with Gasteiger partial charge in [0.2, 0.25) is 5.91 Å². The summed E-state index contributed by atoms with van der Waals surface area (Å²) in [6, 6.07) is 0. The van der Waals surface area contributed by atoms with Crippen molar-refractivity contribution in [1.29, 1.82) is 0 Å². The fraction of sp³-hybridized carbons (Fsp3) is 0.857. The maximum Gasteiger partial charge on any atom is 0.315 e. The summed E-state index contributed by atoms with van der Waals surface area (Å²) < 4.78 is 4.70. The second-order valence-corrected chi connectivity index (χ2v) is 4.45. The minimum absolute atomic E-state index is 0.162. The first-order valence-electron chi connectivity index (χ1n) is 7.13. The van der Waals surface area contributed by atoms with Crippen molar-refractivity contribution in [2.45, 2.75) is 65.2 Å². The van der Waals surface area contributed by atoms with E-state index >= 15 is 0 Å². The molecule has 0 unspecified atom stereocenters. The van der Waals surface area contributed by atoms with E-state index in [1.54, 1.807) is 6.92 Å². The van der Waals surface area contributed by atoms with E-state index in [4.69, 9.17) is 4.74 Å². The average molecular weight is 257 g/mol. The van der Waals surface area contributed by atoms with E-state index < -0.39 is 5.97 Å². The maximum absolute atomic E-state index is 11.3. The van der Waals surface area contributed by atoms with Gasteiger partial charge in [0.05, 0.1) is 6.61 Å². The van der Waals surface area contributed by atoms with Crippen LogP contribution in [-0.2, 0) is 14.3 Å². The van der Waals surface area contributed by atoms with Gasteiger partial charge in [-0.3, -0.25) is 9.59 Å². The Hall–Kier alpha value is -1.06. The number of carbonyl (C=O) groups is 2. The standard InChI is InChI=1S/C14H27NO3/c1-3-5-6-7-8-9-10-11-15-13(16)12-14(17)18-4-2/h3-12H2,1-2H3,(H,15,16).